The zero-order valence-electron chi connectivity index (χ0n) is 31.3. The fraction of sp³-hybridized carbons (Fsp3) is 0.167. The molecule has 0 N–H and O–H groups in total. The van der Waals surface area contributed by atoms with Gasteiger partial charge in [0.2, 0.25) is 7.29 Å². The maximum absolute atomic E-state index is 16.8. The van der Waals surface area contributed by atoms with Gasteiger partial charge in [-0.15, -0.1) is 0 Å². The minimum atomic E-state index is -3.60. The van der Waals surface area contributed by atoms with Crippen molar-refractivity contribution in [2.75, 3.05) is 14.2 Å². The average Bonchev–Trinajstić information content (AvgIpc) is 3.20. The summed E-state index contributed by atoms with van der Waals surface area (Å²) in [5.41, 5.74) is 8.61. The molecule has 1 unspecified atom stereocenters. The molecular weight excluding hydrogens is 670 g/mol. The second kappa shape index (κ2) is 15.3. The highest BCUT2D eigenvalue weighted by Crippen LogP contribution is 2.56. The van der Waals surface area contributed by atoms with Crippen molar-refractivity contribution >= 4 is 28.7 Å². The maximum Gasteiger partial charge on any atom is 0.208 e. The number of nitrogens with zero attached hydrogens (tertiary/aromatic N) is 1. The van der Waals surface area contributed by atoms with Crippen molar-refractivity contribution in [3.8, 4) is 56.0 Å². The average molecular weight is 716 g/mol. The van der Waals surface area contributed by atoms with Crippen molar-refractivity contribution in [1.29, 1.82) is 0 Å². The van der Waals surface area contributed by atoms with Crippen molar-refractivity contribution in [3.05, 3.63) is 158 Å². The van der Waals surface area contributed by atoms with Crippen molar-refractivity contribution in [2.45, 2.75) is 39.8 Å². The molecule has 0 aliphatic carbocycles. The van der Waals surface area contributed by atoms with Gasteiger partial charge in [-0.1, -0.05) is 121 Å². The molecule has 7 aromatic carbocycles. The third-order valence-corrected chi connectivity index (χ3v) is 13.6. The smallest absolute Gasteiger partial charge is 0.208 e. The summed E-state index contributed by atoms with van der Waals surface area (Å²) in [6.07, 6.45) is 0. The van der Waals surface area contributed by atoms with E-state index in [0.29, 0.717) is 16.8 Å². The molecule has 7 rings (SSSR count). The van der Waals surface area contributed by atoms with Gasteiger partial charge >= 0.3 is 0 Å². The fourth-order valence-corrected chi connectivity index (χ4v) is 11.5. The lowest BCUT2D eigenvalue weighted by Crippen LogP contribution is -2.41. The number of rotatable bonds is 11. The van der Waals surface area contributed by atoms with Crippen LogP contribution in [0.1, 0.15) is 27.7 Å². The molecule has 0 saturated carbocycles. The van der Waals surface area contributed by atoms with Gasteiger partial charge in [0.05, 0.1) is 14.2 Å². The first-order valence-corrected chi connectivity index (χ1v) is 19.9. The van der Waals surface area contributed by atoms with E-state index in [1.165, 1.54) is 0 Å². The summed E-state index contributed by atoms with van der Waals surface area (Å²) in [6.45, 7) is 8.50. The minimum Gasteiger partial charge on any atom is -0.497 e. The van der Waals surface area contributed by atoms with E-state index >= 15 is 4.57 Å². The van der Waals surface area contributed by atoms with Crippen molar-refractivity contribution in [1.82, 2.24) is 4.67 Å². The van der Waals surface area contributed by atoms with Gasteiger partial charge in [0.15, 0.2) is 0 Å². The lowest BCUT2D eigenvalue weighted by atomic mass is 9.79. The van der Waals surface area contributed by atoms with Crippen LogP contribution in [0.2, 0.25) is 0 Å². The minimum absolute atomic E-state index is 0.0447. The van der Waals surface area contributed by atoms with Gasteiger partial charge in [-0.2, -0.15) is 0 Å². The Morgan fingerprint density at radius 3 is 1.43 bits per heavy atom. The van der Waals surface area contributed by atoms with Crippen LogP contribution >= 0.6 is 7.29 Å². The molecule has 0 radical (unpaired) electrons. The number of hydrogen-bond acceptors (Lipinski definition) is 3. The van der Waals surface area contributed by atoms with Crippen LogP contribution in [-0.2, 0) is 4.57 Å². The summed E-state index contributed by atoms with van der Waals surface area (Å²) in [4.78, 5) is 0. The summed E-state index contributed by atoms with van der Waals surface area (Å²) >= 11 is 0. The van der Waals surface area contributed by atoms with Gasteiger partial charge in [-0.3, -0.25) is 4.57 Å². The Hall–Kier alpha value is -5.41. The first-order valence-electron chi connectivity index (χ1n) is 18.2. The Morgan fingerprint density at radius 2 is 0.925 bits per heavy atom. The molecule has 266 valence electrons. The predicted octanol–water partition coefficient (Wildman–Crippen LogP) is 11.9. The van der Waals surface area contributed by atoms with Crippen LogP contribution in [0.4, 0.5) is 0 Å². The highest BCUT2D eigenvalue weighted by molar-refractivity contribution is 7.76. The molecule has 7 aromatic rings. The van der Waals surface area contributed by atoms with E-state index < -0.39 is 7.29 Å². The van der Waals surface area contributed by atoms with Gasteiger partial charge in [0, 0.05) is 22.7 Å². The first kappa shape index (κ1) is 36.0. The van der Waals surface area contributed by atoms with E-state index in [0.717, 1.165) is 60.6 Å². The molecule has 0 aromatic heterocycles. The quantitative estimate of drug-likeness (QED) is 0.125. The predicted molar refractivity (Wildman–Crippen MR) is 224 cm³/mol. The highest BCUT2D eigenvalue weighted by atomic mass is 31.2. The van der Waals surface area contributed by atoms with Gasteiger partial charge in [0.25, 0.3) is 0 Å². The van der Waals surface area contributed by atoms with Crippen LogP contribution in [0.25, 0.3) is 55.3 Å². The van der Waals surface area contributed by atoms with E-state index in [2.05, 4.69) is 154 Å². The second-order valence-corrected chi connectivity index (χ2v) is 16.5. The molecular formula is C48H46NO3P. The van der Waals surface area contributed by atoms with Crippen molar-refractivity contribution in [2.24, 2.45) is 0 Å². The number of ether oxygens (including phenoxy) is 2. The van der Waals surface area contributed by atoms with Crippen LogP contribution in [0.3, 0.4) is 0 Å². The molecule has 0 spiro atoms. The van der Waals surface area contributed by atoms with Gasteiger partial charge < -0.3 is 9.47 Å². The normalized spacial score (nSPS) is 12.7. The standard InChI is InChI=1S/C48H46NO3P/c1-33(2)49(34(3)4)53(50,40-26-18-25-38(31-40)51-5)44-32-39(52-6)29-30-43(44)48-42-28-17-16-27-41(42)45(35-19-10-7-11-20-35)46(36-21-12-8-13-22-36)47(48)37-23-14-9-15-24-37/h7-34H,1-6H3. The van der Waals surface area contributed by atoms with E-state index in [1.807, 2.05) is 36.4 Å². The second-order valence-electron chi connectivity index (χ2n) is 13.9. The van der Waals surface area contributed by atoms with Crippen molar-refractivity contribution < 1.29 is 14.0 Å². The monoisotopic (exact) mass is 715 g/mol. The Kier molecular flexibility index (Phi) is 10.4. The Labute approximate surface area is 314 Å². The largest absolute Gasteiger partial charge is 0.497 e. The SMILES string of the molecule is COc1cccc(P(=O)(c2cc(OC)ccc2-c2c(-c3ccccc3)c(-c3ccccc3)c(-c3ccccc3)c3ccccc23)N(C(C)C)C(C)C)c1. The van der Waals surface area contributed by atoms with Gasteiger partial charge in [-0.25, -0.2) is 4.67 Å². The van der Waals surface area contributed by atoms with E-state index in [-0.39, 0.29) is 12.1 Å². The Balaban J connectivity index is 1.74. The van der Waals surface area contributed by atoms with Crippen LogP contribution in [0, 0.1) is 0 Å². The zero-order valence-corrected chi connectivity index (χ0v) is 32.2. The van der Waals surface area contributed by atoms with Crippen molar-refractivity contribution in [3.63, 3.8) is 0 Å². The third kappa shape index (κ3) is 6.59. The molecule has 0 bridgehead atoms. The van der Waals surface area contributed by atoms with Gasteiger partial charge in [0.1, 0.15) is 11.5 Å². The molecule has 53 heavy (non-hydrogen) atoms. The molecule has 0 aliphatic heterocycles. The topological polar surface area (TPSA) is 38.8 Å². The van der Waals surface area contributed by atoms with Gasteiger partial charge in [-0.05, 0) is 119 Å². The Bertz CT molecular complexity index is 2400. The lowest BCUT2D eigenvalue weighted by Gasteiger charge is -2.39. The van der Waals surface area contributed by atoms with Crippen LogP contribution in [-0.4, -0.2) is 31.0 Å². The summed E-state index contributed by atoms with van der Waals surface area (Å²) in [5, 5.41) is 3.63. The first-order chi connectivity index (χ1) is 25.8. The fourth-order valence-electron chi connectivity index (χ4n) is 7.95. The summed E-state index contributed by atoms with van der Waals surface area (Å²) in [5.74, 6) is 1.31. The van der Waals surface area contributed by atoms with Crippen LogP contribution in [0.15, 0.2) is 158 Å². The zero-order chi connectivity index (χ0) is 37.1. The molecule has 0 aliphatic rings. The molecule has 0 saturated heterocycles. The van der Waals surface area contributed by atoms with Crippen LogP contribution < -0.4 is 20.1 Å². The van der Waals surface area contributed by atoms with E-state index in [1.54, 1.807) is 14.2 Å². The maximum atomic E-state index is 16.8. The molecule has 1 atom stereocenters. The molecule has 4 nitrogen and oxygen atoms in total. The summed E-state index contributed by atoms with van der Waals surface area (Å²) < 4.78 is 30.6. The number of fused-ring (bicyclic) bond motifs is 1. The number of benzene rings is 7. The number of hydrogen-bond donors (Lipinski definition) is 0. The highest BCUT2D eigenvalue weighted by Gasteiger charge is 2.41. The van der Waals surface area contributed by atoms with E-state index in [9.17, 15) is 0 Å². The molecule has 5 heteroatoms. The lowest BCUT2D eigenvalue weighted by molar-refractivity contribution is 0.307. The van der Waals surface area contributed by atoms with Crippen LogP contribution in [0.5, 0.6) is 11.5 Å². The summed E-state index contributed by atoms with van der Waals surface area (Å²) in [7, 11) is -0.277. The Morgan fingerprint density at radius 1 is 0.472 bits per heavy atom. The third-order valence-electron chi connectivity index (χ3n) is 9.99. The van der Waals surface area contributed by atoms with E-state index in [4.69, 9.17) is 9.47 Å². The molecule has 0 heterocycles. The number of methoxy groups -OCH3 is 2. The molecule has 0 amide bonds. The summed E-state index contributed by atoms with van der Waals surface area (Å²) in [6, 6.07) is 54.4. The molecule has 0 fully saturated rings.